The van der Waals surface area contributed by atoms with Crippen LogP contribution < -0.4 is 0 Å². The van der Waals surface area contributed by atoms with E-state index in [1.54, 1.807) is 0 Å². The smallest absolute Gasteiger partial charge is 0.179 e. The fourth-order valence-corrected chi connectivity index (χ4v) is 1.37. The molecule has 1 aliphatic heterocycles. The highest BCUT2D eigenvalue weighted by atomic mass is 35.5. The lowest BCUT2D eigenvalue weighted by Crippen LogP contribution is -2.29. The molecule has 0 radical (unpaired) electrons. The molecule has 1 saturated heterocycles. The summed E-state index contributed by atoms with van der Waals surface area (Å²) in [4.78, 5) is 12.2. The zero-order valence-corrected chi connectivity index (χ0v) is 7.74. The Hall–Kier alpha value is 0.210. The molecule has 0 N–H and O–H groups in total. The molecule has 0 bridgehead atoms. The Morgan fingerprint density at radius 3 is 2.36 bits per heavy atom. The van der Waals surface area contributed by atoms with Crippen molar-refractivity contribution in [1.29, 1.82) is 0 Å². The van der Waals surface area contributed by atoms with E-state index in [0.29, 0.717) is 6.54 Å². The maximum Gasteiger partial charge on any atom is 0.179 e. The lowest BCUT2D eigenvalue weighted by molar-refractivity contribution is -0.118. The van der Waals surface area contributed by atoms with Crippen molar-refractivity contribution in [2.45, 2.75) is 17.7 Å². The quantitative estimate of drug-likeness (QED) is 0.637. The Morgan fingerprint density at radius 1 is 1.36 bits per heavy atom. The number of hydrogen-bond donors (Lipinski definition) is 0. The van der Waals surface area contributed by atoms with Gasteiger partial charge in [0.25, 0.3) is 0 Å². The van der Waals surface area contributed by atoms with Gasteiger partial charge in [-0.25, -0.2) is 0 Å². The van der Waals surface area contributed by atoms with Crippen LogP contribution in [0.1, 0.15) is 12.8 Å². The predicted octanol–water partition coefficient (Wildman–Crippen LogP) is 1.46. The van der Waals surface area contributed by atoms with Crippen LogP contribution in [0.3, 0.4) is 0 Å². The molecule has 0 saturated carbocycles. The van der Waals surface area contributed by atoms with Crippen LogP contribution in [-0.2, 0) is 4.79 Å². The van der Waals surface area contributed by atoms with Gasteiger partial charge in [-0.15, -0.1) is 0 Å². The maximum atomic E-state index is 11.0. The van der Waals surface area contributed by atoms with Gasteiger partial charge in [0.1, 0.15) is 0 Å². The molecule has 0 aromatic carbocycles. The van der Waals surface area contributed by atoms with Crippen molar-refractivity contribution in [3.05, 3.63) is 0 Å². The molecule has 1 heterocycles. The van der Waals surface area contributed by atoms with Crippen LogP contribution in [-0.4, -0.2) is 35.2 Å². The van der Waals surface area contributed by atoms with Crippen molar-refractivity contribution >= 4 is 29.0 Å². The van der Waals surface area contributed by atoms with Crippen LogP contribution in [0, 0.1) is 0 Å². The van der Waals surface area contributed by atoms with Crippen LogP contribution in [0.2, 0.25) is 0 Å². The fraction of sp³-hybridized carbons (Fsp3) is 0.857. The Morgan fingerprint density at radius 2 is 1.91 bits per heavy atom. The molecule has 0 spiro atoms. The van der Waals surface area contributed by atoms with Crippen LogP contribution in [0.25, 0.3) is 0 Å². The minimum atomic E-state index is -0.851. The number of ketones is 1. The summed E-state index contributed by atoms with van der Waals surface area (Å²) >= 11 is 10.8. The summed E-state index contributed by atoms with van der Waals surface area (Å²) in [5.41, 5.74) is 0. The molecule has 0 unspecified atom stereocenters. The first kappa shape index (κ1) is 9.30. The van der Waals surface area contributed by atoms with E-state index >= 15 is 0 Å². The number of halogens is 2. The number of carbonyl (C=O) groups is 1. The summed E-state index contributed by atoms with van der Waals surface area (Å²) in [6.45, 7) is 2.43. The number of hydrogen-bond acceptors (Lipinski definition) is 2. The lowest BCUT2D eigenvalue weighted by Gasteiger charge is -2.12. The summed E-state index contributed by atoms with van der Waals surface area (Å²) in [5.74, 6) is -0.0877. The van der Waals surface area contributed by atoms with E-state index in [1.807, 2.05) is 0 Å². The summed E-state index contributed by atoms with van der Waals surface area (Å²) in [6, 6.07) is 0. The van der Waals surface area contributed by atoms with E-state index in [2.05, 4.69) is 4.90 Å². The first-order valence-corrected chi connectivity index (χ1v) is 4.60. The topological polar surface area (TPSA) is 20.3 Å². The van der Waals surface area contributed by atoms with Crippen molar-refractivity contribution < 1.29 is 4.79 Å². The highest BCUT2D eigenvalue weighted by Crippen LogP contribution is 2.10. The Balaban J connectivity index is 2.24. The normalized spacial score (nSPS) is 19.5. The maximum absolute atomic E-state index is 11.0. The molecule has 2 nitrogen and oxygen atoms in total. The Labute approximate surface area is 76.5 Å². The number of rotatable bonds is 3. The van der Waals surface area contributed by atoms with E-state index in [0.717, 1.165) is 13.1 Å². The number of nitrogens with zero attached hydrogens (tertiary/aromatic N) is 1. The van der Waals surface area contributed by atoms with Gasteiger partial charge in [-0.05, 0) is 25.9 Å². The SMILES string of the molecule is O=C(CN1CCCC1)C(Cl)Cl. The molecule has 0 aromatic heterocycles. The van der Waals surface area contributed by atoms with E-state index < -0.39 is 4.84 Å². The molecule has 11 heavy (non-hydrogen) atoms. The van der Waals surface area contributed by atoms with Crippen LogP contribution in [0.5, 0.6) is 0 Å². The molecule has 64 valence electrons. The third kappa shape index (κ3) is 2.97. The van der Waals surface area contributed by atoms with E-state index in [-0.39, 0.29) is 5.78 Å². The molecule has 0 aliphatic carbocycles. The Kier molecular flexibility index (Phi) is 3.63. The second-order valence-electron chi connectivity index (χ2n) is 2.75. The molecular formula is C7H11Cl2NO. The van der Waals surface area contributed by atoms with Crippen LogP contribution in [0.4, 0.5) is 0 Å². The van der Waals surface area contributed by atoms with Gasteiger partial charge in [0.05, 0.1) is 6.54 Å². The van der Waals surface area contributed by atoms with Crippen molar-refractivity contribution in [3.63, 3.8) is 0 Å². The van der Waals surface area contributed by atoms with Gasteiger partial charge >= 0.3 is 0 Å². The lowest BCUT2D eigenvalue weighted by atomic mass is 10.4. The van der Waals surface area contributed by atoms with Crippen molar-refractivity contribution in [3.8, 4) is 0 Å². The van der Waals surface area contributed by atoms with Crippen molar-refractivity contribution in [2.24, 2.45) is 0 Å². The largest absolute Gasteiger partial charge is 0.296 e. The second kappa shape index (κ2) is 4.29. The van der Waals surface area contributed by atoms with Crippen LogP contribution >= 0.6 is 23.2 Å². The minimum absolute atomic E-state index is 0.0877. The van der Waals surface area contributed by atoms with Gasteiger partial charge in [-0.3, -0.25) is 9.69 Å². The third-order valence-electron chi connectivity index (χ3n) is 1.82. The monoisotopic (exact) mass is 195 g/mol. The van der Waals surface area contributed by atoms with Gasteiger partial charge in [-0.2, -0.15) is 0 Å². The molecule has 1 fully saturated rings. The molecule has 1 aliphatic rings. The predicted molar refractivity (Wildman–Crippen MR) is 46.2 cm³/mol. The Bertz CT molecular complexity index is 143. The summed E-state index contributed by atoms with van der Waals surface area (Å²) in [7, 11) is 0. The average molecular weight is 196 g/mol. The second-order valence-corrected chi connectivity index (χ2v) is 3.85. The van der Waals surface area contributed by atoms with E-state index in [4.69, 9.17) is 23.2 Å². The minimum Gasteiger partial charge on any atom is -0.296 e. The van der Waals surface area contributed by atoms with Gasteiger partial charge in [0, 0.05) is 0 Å². The van der Waals surface area contributed by atoms with E-state index in [1.165, 1.54) is 12.8 Å². The summed E-state index contributed by atoms with van der Waals surface area (Å²) in [6.07, 6.45) is 2.37. The average Bonchev–Trinajstić information content (AvgIpc) is 2.39. The van der Waals surface area contributed by atoms with E-state index in [9.17, 15) is 4.79 Å². The molecule has 4 heteroatoms. The van der Waals surface area contributed by atoms with Gasteiger partial charge < -0.3 is 0 Å². The fourth-order valence-electron chi connectivity index (χ4n) is 1.23. The standard InChI is InChI=1S/C7H11Cl2NO/c8-7(9)6(11)5-10-3-1-2-4-10/h7H,1-5H2. The number of alkyl halides is 2. The van der Waals surface area contributed by atoms with Gasteiger partial charge in [0.15, 0.2) is 10.6 Å². The highest BCUT2D eigenvalue weighted by molar-refractivity contribution is 6.53. The van der Waals surface area contributed by atoms with Gasteiger partial charge in [-0.1, -0.05) is 23.2 Å². The molecular weight excluding hydrogens is 185 g/mol. The van der Waals surface area contributed by atoms with Crippen molar-refractivity contribution in [1.82, 2.24) is 4.90 Å². The van der Waals surface area contributed by atoms with Gasteiger partial charge in [0.2, 0.25) is 0 Å². The molecule has 0 aromatic rings. The zero-order valence-electron chi connectivity index (χ0n) is 6.22. The zero-order chi connectivity index (χ0) is 8.27. The number of likely N-dealkylation sites (tertiary alicyclic amines) is 1. The summed E-state index contributed by atoms with van der Waals surface area (Å²) in [5, 5.41) is 0. The van der Waals surface area contributed by atoms with Crippen molar-refractivity contribution in [2.75, 3.05) is 19.6 Å². The number of carbonyl (C=O) groups excluding carboxylic acids is 1. The first-order chi connectivity index (χ1) is 5.20. The molecule has 0 amide bonds. The molecule has 1 rings (SSSR count). The number of Topliss-reactive ketones (excluding diaryl/α,β-unsaturated/α-hetero) is 1. The third-order valence-corrected chi connectivity index (χ3v) is 2.31. The molecule has 0 atom stereocenters. The first-order valence-electron chi connectivity index (χ1n) is 3.73. The summed E-state index contributed by atoms with van der Waals surface area (Å²) < 4.78 is 0. The van der Waals surface area contributed by atoms with Crippen LogP contribution in [0.15, 0.2) is 0 Å². The highest BCUT2D eigenvalue weighted by Gasteiger charge is 2.18.